The first kappa shape index (κ1) is 28.9. The maximum absolute atomic E-state index is 13.5. The molecule has 10 heteroatoms. The van der Waals surface area contributed by atoms with Crippen molar-refractivity contribution in [3.8, 4) is 0 Å². The highest BCUT2D eigenvalue weighted by Crippen LogP contribution is 2.24. The number of hydrogen-bond acceptors (Lipinski definition) is 4. The van der Waals surface area contributed by atoms with Gasteiger partial charge in [-0.3, -0.25) is 4.79 Å². The van der Waals surface area contributed by atoms with Crippen molar-refractivity contribution in [3.63, 3.8) is 0 Å². The van der Waals surface area contributed by atoms with Crippen LogP contribution in [0.1, 0.15) is 46.6 Å². The molecule has 1 aliphatic rings. The zero-order valence-corrected chi connectivity index (χ0v) is 23.7. The van der Waals surface area contributed by atoms with Crippen LogP contribution in [0, 0.1) is 5.92 Å². The molecule has 2 N–H and O–H groups in total. The van der Waals surface area contributed by atoms with Crippen LogP contribution >= 0.6 is 11.6 Å². The van der Waals surface area contributed by atoms with E-state index >= 15 is 0 Å². The Bertz CT molecular complexity index is 1200. The van der Waals surface area contributed by atoms with E-state index in [1.807, 2.05) is 26.0 Å². The number of nitrogens with zero attached hydrogens (tertiary/aromatic N) is 2. The number of rotatable bonds is 7. The third-order valence-corrected chi connectivity index (χ3v) is 8.44. The van der Waals surface area contributed by atoms with Gasteiger partial charge in [-0.25, -0.2) is 13.2 Å². The van der Waals surface area contributed by atoms with Crippen LogP contribution in [-0.4, -0.2) is 62.4 Å². The van der Waals surface area contributed by atoms with Crippen molar-refractivity contribution in [1.29, 1.82) is 0 Å². The second-order valence-corrected chi connectivity index (χ2v) is 12.7. The molecule has 0 bridgehead atoms. The highest BCUT2D eigenvalue weighted by Gasteiger charge is 2.34. The van der Waals surface area contributed by atoms with E-state index < -0.39 is 16.1 Å². The van der Waals surface area contributed by atoms with Gasteiger partial charge in [0.1, 0.15) is 6.04 Å². The minimum atomic E-state index is -3.91. The highest BCUT2D eigenvalue weighted by atomic mass is 35.5. The summed E-state index contributed by atoms with van der Waals surface area (Å²) in [6, 6.07) is 12.5. The Kier molecular flexibility index (Phi) is 9.26. The Morgan fingerprint density at radius 2 is 1.59 bits per heavy atom. The molecule has 2 aromatic carbocycles. The smallest absolute Gasteiger partial charge is 0.321 e. The Morgan fingerprint density at radius 3 is 2.14 bits per heavy atom. The van der Waals surface area contributed by atoms with Crippen LogP contribution < -0.4 is 10.0 Å². The lowest BCUT2D eigenvalue weighted by Crippen LogP contribution is -2.57. The summed E-state index contributed by atoms with van der Waals surface area (Å²) in [5.74, 6) is -0.487. The molecule has 2 atom stereocenters. The second-order valence-electron chi connectivity index (χ2n) is 10.5. The molecule has 0 aromatic heterocycles. The lowest BCUT2D eigenvalue weighted by atomic mass is 9.87. The van der Waals surface area contributed by atoms with Gasteiger partial charge in [-0.05, 0) is 47.2 Å². The van der Waals surface area contributed by atoms with E-state index in [-0.39, 0.29) is 28.2 Å². The van der Waals surface area contributed by atoms with Gasteiger partial charge in [0.2, 0.25) is 15.9 Å². The number of halogens is 1. The van der Waals surface area contributed by atoms with Crippen molar-refractivity contribution in [2.24, 2.45) is 5.92 Å². The second kappa shape index (κ2) is 11.8. The first-order valence-electron chi connectivity index (χ1n) is 12.5. The molecular formula is C27H37ClN4O4S. The summed E-state index contributed by atoms with van der Waals surface area (Å²) in [6.07, 6.45) is 0.629. The summed E-state index contributed by atoms with van der Waals surface area (Å²) >= 11 is 5.99. The summed E-state index contributed by atoms with van der Waals surface area (Å²) in [6.45, 7) is 11.3. The fourth-order valence-corrected chi connectivity index (χ4v) is 5.60. The van der Waals surface area contributed by atoms with Gasteiger partial charge in [0.15, 0.2) is 0 Å². The number of carbonyl (C=O) groups is 2. The largest absolute Gasteiger partial charge is 0.338 e. The first-order valence-corrected chi connectivity index (χ1v) is 14.4. The highest BCUT2D eigenvalue weighted by molar-refractivity contribution is 7.89. The van der Waals surface area contributed by atoms with Crippen LogP contribution in [0.4, 0.5) is 10.5 Å². The molecule has 8 nitrogen and oxygen atoms in total. The van der Waals surface area contributed by atoms with Gasteiger partial charge in [-0.1, -0.05) is 70.8 Å². The summed E-state index contributed by atoms with van der Waals surface area (Å²) in [4.78, 5) is 29.5. The van der Waals surface area contributed by atoms with E-state index in [0.29, 0.717) is 43.3 Å². The molecule has 3 rings (SSSR count). The van der Waals surface area contributed by atoms with Crippen molar-refractivity contribution in [3.05, 3.63) is 59.1 Å². The fraction of sp³-hybridized carbons (Fsp3) is 0.481. The van der Waals surface area contributed by atoms with Gasteiger partial charge in [-0.15, -0.1) is 0 Å². The number of piperazine rings is 1. The molecule has 1 fully saturated rings. The number of hydrogen-bond donors (Lipinski definition) is 2. The van der Waals surface area contributed by atoms with E-state index in [2.05, 4.69) is 30.8 Å². The molecule has 2 unspecified atom stereocenters. The Morgan fingerprint density at radius 1 is 1.00 bits per heavy atom. The number of sulfonamides is 1. The van der Waals surface area contributed by atoms with Crippen LogP contribution in [0.15, 0.2) is 53.4 Å². The number of benzene rings is 2. The van der Waals surface area contributed by atoms with Gasteiger partial charge in [0.25, 0.3) is 0 Å². The molecule has 1 aliphatic heterocycles. The summed E-state index contributed by atoms with van der Waals surface area (Å²) in [5.41, 5.74) is 1.52. The van der Waals surface area contributed by atoms with Gasteiger partial charge >= 0.3 is 6.03 Å². The molecule has 1 saturated heterocycles. The quantitative estimate of drug-likeness (QED) is 0.523. The van der Waals surface area contributed by atoms with Crippen molar-refractivity contribution >= 4 is 39.2 Å². The summed E-state index contributed by atoms with van der Waals surface area (Å²) in [7, 11) is -3.91. The Hall–Kier alpha value is -2.62. The average Bonchev–Trinajstić information content (AvgIpc) is 2.86. The van der Waals surface area contributed by atoms with Crippen LogP contribution in [0.2, 0.25) is 5.02 Å². The van der Waals surface area contributed by atoms with Crippen LogP contribution in [-0.2, 0) is 20.2 Å². The lowest BCUT2D eigenvalue weighted by Gasteiger charge is -2.37. The minimum Gasteiger partial charge on any atom is -0.338 e. The molecule has 0 spiro atoms. The monoisotopic (exact) mass is 548 g/mol. The molecule has 2 aromatic rings. The molecule has 0 aliphatic carbocycles. The standard InChI is InChI=1S/C27H37ClN4O4S/c1-6-19(2)24(30-37(35,36)23-12-10-20(11-13-23)27(3,4)5)25(33)31-14-16-32(17-15-31)26(34)29-22-9-7-8-21(28)18-22/h7-13,18-19,24,30H,6,14-17H2,1-5H3,(H,29,34). The molecule has 0 radical (unpaired) electrons. The summed E-state index contributed by atoms with van der Waals surface area (Å²) < 4.78 is 29.1. The van der Waals surface area contributed by atoms with Crippen LogP contribution in [0.5, 0.6) is 0 Å². The number of amides is 3. The third-order valence-electron chi connectivity index (χ3n) is 6.75. The maximum atomic E-state index is 13.5. The van der Waals surface area contributed by atoms with E-state index in [9.17, 15) is 18.0 Å². The first-order chi connectivity index (χ1) is 17.3. The number of carbonyl (C=O) groups excluding carboxylic acids is 2. The molecule has 202 valence electrons. The average molecular weight is 549 g/mol. The molecule has 37 heavy (non-hydrogen) atoms. The molecule has 0 saturated carbocycles. The SMILES string of the molecule is CCC(C)C(NS(=O)(=O)c1ccc(C(C)(C)C)cc1)C(=O)N1CCN(C(=O)Nc2cccc(Cl)c2)CC1. The van der Waals surface area contributed by atoms with E-state index in [1.54, 1.807) is 46.2 Å². The van der Waals surface area contributed by atoms with E-state index in [4.69, 9.17) is 11.6 Å². The topological polar surface area (TPSA) is 98.8 Å². The van der Waals surface area contributed by atoms with Crippen molar-refractivity contribution < 1.29 is 18.0 Å². The molecular weight excluding hydrogens is 512 g/mol. The summed E-state index contributed by atoms with van der Waals surface area (Å²) in [5, 5.41) is 3.34. The zero-order valence-electron chi connectivity index (χ0n) is 22.1. The van der Waals surface area contributed by atoms with Gasteiger partial charge in [0.05, 0.1) is 4.90 Å². The lowest BCUT2D eigenvalue weighted by molar-refractivity contribution is -0.135. The molecule has 3 amide bonds. The van der Waals surface area contributed by atoms with E-state index in [1.165, 1.54) is 0 Å². The third kappa shape index (κ3) is 7.46. The Balaban J connectivity index is 1.66. The number of urea groups is 1. The van der Waals surface area contributed by atoms with Crippen LogP contribution in [0.3, 0.4) is 0 Å². The Labute approximate surface area is 225 Å². The predicted octanol–water partition coefficient (Wildman–Crippen LogP) is 4.71. The van der Waals surface area contributed by atoms with E-state index in [0.717, 1.165) is 5.56 Å². The number of nitrogens with one attached hydrogen (secondary N) is 2. The van der Waals surface area contributed by atoms with Crippen molar-refractivity contribution in [1.82, 2.24) is 14.5 Å². The maximum Gasteiger partial charge on any atom is 0.321 e. The molecule has 1 heterocycles. The van der Waals surface area contributed by atoms with Crippen molar-refractivity contribution in [2.75, 3.05) is 31.5 Å². The van der Waals surface area contributed by atoms with Gasteiger partial charge in [0, 0.05) is 36.9 Å². The van der Waals surface area contributed by atoms with Crippen molar-refractivity contribution in [2.45, 2.75) is 57.4 Å². The van der Waals surface area contributed by atoms with Gasteiger partial charge < -0.3 is 15.1 Å². The number of anilines is 1. The van der Waals surface area contributed by atoms with Gasteiger partial charge in [-0.2, -0.15) is 4.72 Å². The zero-order chi connectivity index (χ0) is 27.4. The fourth-order valence-electron chi connectivity index (χ4n) is 4.11. The predicted molar refractivity (Wildman–Crippen MR) is 147 cm³/mol. The normalized spacial score (nSPS) is 16.3. The van der Waals surface area contributed by atoms with Crippen LogP contribution in [0.25, 0.3) is 0 Å². The minimum absolute atomic E-state index is 0.0991.